The number of carbonyl (C=O) groups is 1. The molecule has 2 heteroatoms. The molecule has 0 fully saturated rings. The van der Waals surface area contributed by atoms with Gasteiger partial charge in [-0.3, -0.25) is 0 Å². The Balaban J connectivity index is 3.26. The van der Waals surface area contributed by atoms with E-state index >= 15 is 0 Å². The predicted molar refractivity (Wildman–Crippen MR) is 66.2 cm³/mol. The summed E-state index contributed by atoms with van der Waals surface area (Å²) in [5.41, 5.74) is 2.76. The molecule has 0 saturated heterocycles. The smallest absolute Gasteiger partial charge is 0.338 e. The molecule has 0 radical (unpaired) electrons. The van der Waals surface area contributed by atoms with Crippen molar-refractivity contribution in [3.8, 4) is 0 Å². The molecule has 0 aromatic heterocycles. The fourth-order valence-electron chi connectivity index (χ4n) is 1.74. The fraction of sp³-hybridized carbons (Fsp3) is 0.357. The van der Waals surface area contributed by atoms with E-state index < -0.39 is 0 Å². The van der Waals surface area contributed by atoms with E-state index in [1.54, 1.807) is 6.08 Å². The number of rotatable bonds is 3. The van der Waals surface area contributed by atoms with Crippen molar-refractivity contribution in [3.05, 3.63) is 41.5 Å². The lowest BCUT2D eigenvalue weighted by molar-refractivity contribution is -0.133. The van der Waals surface area contributed by atoms with Gasteiger partial charge in [-0.2, -0.15) is 0 Å². The first-order chi connectivity index (χ1) is 7.61. The van der Waals surface area contributed by atoms with Crippen LogP contribution in [0, 0.1) is 0 Å². The van der Waals surface area contributed by atoms with Crippen LogP contribution in [0.3, 0.4) is 0 Å². The van der Waals surface area contributed by atoms with Gasteiger partial charge in [0, 0.05) is 0 Å². The summed E-state index contributed by atoms with van der Waals surface area (Å²) in [6, 6.07) is 7.94. The summed E-state index contributed by atoms with van der Waals surface area (Å²) in [4.78, 5) is 11.6. The van der Waals surface area contributed by atoms with E-state index in [2.05, 4.69) is 13.8 Å². The SMILES string of the molecule is C/C=C(/C(=O)OC)c1ccccc1C(C)C. The minimum atomic E-state index is -0.282. The molecule has 0 N–H and O–H groups in total. The highest BCUT2D eigenvalue weighted by Gasteiger charge is 2.15. The molecule has 1 aromatic rings. The number of benzene rings is 1. The van der Waals surface area contributed by atoms with Crippen molar-refractivity contribution >= 4 is 11.5 Å². The van der Waals surface area contributed by atoms with Gasteiger partial charge in [0.25, 0.3) is 0 Å². The zero-order valence-corrected chi connectivity index (χ0v) is 10.3. The van der Waals surface area contributed by atoms with Crippen molar-refractivity contribution in [2.24, 2.45) is 0 Å². The second-order valence-corrected chi connectivity index (χ2v) is 3.94. The van der Waals surface area contributed by atoms with Crippen LogP contribution in [0.4, 0.5) is 0 Å². The van der Waals surface area contributed by atoms with Gasteiger partial charge in [0.15, 0.2) is 0 Å². The summed E-state index contributed by atoms with van der Waals surface area (Å²) in [5, 5.41) is 0. The third-order valence-corrected chi connectivity index (χ3v) is 2.57. The van der Waals surface area contributed by atoms with E-state index in [4.69, 9.17) is 4.74 Å². The van der Waals surface area contributed by atoms with Crippen molar-refractivity contribution in [1.29, 1.82) is 0 Å². The molecule has 2 nitrogen and oxygen atoms in total. The molecule has 1 rings (SSSR count). The lowest BCUT2D eigenvalue weighted by atomic mass is 9.92. The Labute approximate surface area is 96.9 Å². The number of esters is 1. The maximum Gasteiger partial charge on any atom is 0.338 e. The van der Waals surface area contributed by atoms with Gasteiger partial charge in [-0.05, 0) is 24.0 Å². The maximum atomic E-state index is 11.6. The molecule has 0 heterocycles. The van der Waals surface area contributed by atoms with Gasteiger partial charge in [0.1, 0.15) is 0 Å². The molecule has 16 heavy (non-hydrogen) atoms. The Morgan fingerprint density at radius 1 is 1.31 bits per heavy atom. The summed E-state index contributed by atoms with van der Waals surface area (Å²) >= 11 is 0. The zero-order chi connectivity index (χ0) is 12.1. The first-order valence-corrected chi connectivity index (χ1v) is 5.45. The standard InChI is InChI=1S/C14H18O2/c1-5-11(14(15)16-4)13-9-7-6-8-12(13)10(2)3/h5-10H,1-4H3/b11-5+. The first-order valence-electron chi connectivity index (χ1n) is 5.45. The molecule has 0 saturated carbocycles. The van der Waals surface area contributed by atoms with Crippen LogP contribution < -0.4 is 0 Å². The van der Waals surface area contributed by atoms with Crippen molar-refractivity contribution in [3.63, 3.8) is 0 Å². The molecule has 0 aliphatic rings. The molecule has 86 valence electrons. The number of methoxy groups -OCH3 is 1. The van der Waals surface area contributed by atoms with Crippen LogP contribution in [0.15, 0.2) is 30.3 Å². The van der Waals surface area contributed by atoms with Gasteiger partial charge in [-0.1, -0.05) is 44.2 Å². The van der Waals surface area contributed by atoms with Crippen molar-refractivity contribution in [2.45, 2.75) is 26.7 Å². The summed E-state index contributed by atoms with van der Waals surface area (Å²) in [6.45, 7) is 6.08. The Morgan fingerprint density at radius 2 is 1.94 bits per heavy atom. The molecule has 0 aliphatic heterocycles. The average molecular weight is 218 g/mol. The second-order valence-electron chi connectivity index (χ2n) is 3.94. The second kappa shape index (κ2) is 5.50. The number of carbonyl (C=O) groups excluding carboxylic acids is 1. The van der Waals surface area contributed by atoms with Crippen LogP contribution >= 0.6 is 0 Å². The zero-order valence-electron chi connectivity index (χ0n) is 10.3. The lowest BCUT2D eigenvalue weighted by Gasteiger charge is -2.13. The van der Waals surface area contributed by atoms with Crippen molar-refractivity contribution in [1.82, 2.24) is 0 Å². The summed E-state index contributed by atoms with van der Waals surface area (Å²) in [5.74, 6) is 0.103. The van der Waals surface area contributed by atoms with Crippen LogP contribution in [0.5, 0.6) is 0 Å². The molecule has 0 unspecified atom stereocenters. The molecule has 0 bridgehead atoms. The number of hydrogen-bond acceptors (Lipinski definition) is 2. The van der Waals surface area contributed by atoms with Crippen LogP contribution in [-0.4, -0.2) is 13.1 Å². The Bertz CT molecular complexity index is 403. The van der Waals surface area contributed by atoms with Crippen LogP contribution in [0.2, 0.25) is 0 Å². The fourth-order valence-corrected chi connectivity index (χ4v) is 1.74. The summed E-state index contributed by atoms with van der Waals surface area (Å²) in [6.07, 6.45) is 1.80. The number of ether oxygens (including phenoxy) is 1. The molecule has 0 amide bonds. The Morgan fingerprint density at radius 3 is 2.44 bits per heavy atom. The van der Waals surface area contributed by atoms with E-state index in [0.717, 1.165) is 5.56 Å². The number of allylic oxidation sites excluding steroid dienone is 1. The first kappa shape index (κ1) is 12.5. The van der Waals surface area contributed by atoms with Crippen LogP contribution in [0.1, 0.15) is 37.8 Å². The monoisotopic (exact) mass is 218 g/mol. The van der Waals surface area contributed by atoms with Crippen LogP contribution in [-0.2, 0) is 9.53 Å². The van der Waals surface area contributed by atoms with Crippen molar-refractivity contribution in [2.75, 3.05) is 7.11 Å². The summed E-state index contributed by atoms with van der Waals surface area (Å²) in [7, 11) is 1.41. The number of hydrogen-bond donors (Lipinski definition) is 0. The molecule has 0 spiro atoms. The van der Waals surface area contributed by atoms with Crippen LogP contribution in [0.25, 0.3) is 5.57 Å². The molecule has 1 aromatic carbocycles. The predicted octanol–water partition coefficient (Wildman–Crippen LogP) is 3.39. The third kappa shape index (κ3) is 2.51. The third-order valence-electron chi connectivity index (χ3n) is 2.57. The van der Waals surface area contributed by atoms with Gasteiger partial charge < -0.3 is 4.74 Å². The van der Waals surface area contributed by atoms with Crippen molar-refractivity contribution < 1.29 is 9.53 Å². The molecular weight excluding hydrogens is 200 g/mol. The quantitative estimate of drug-likeness (QED) is 0.574. The minimum absolute atomic E-state index is 0.282. The normalized spacial score (nSPS) is 11.7. The van der Waals surface area contributed by atoms with E-state index in [-0.39, 0.29) is 5.97 Å². The minimum Gasteiger partial charge on any atom is -0.465 e. The highest BCUT2D eigenvalue weighted by atomic mass is 16.5. The molecule has 0 atom stereocenters. The highest BCUT2D eigenvalue weighted by molar-refractivity contribution is 6.16. The molecule has 0 aliphatic carbocycles. The largest absolute Gasteiger partial charge is 0.465 e. The molecular formula is C14H18O2. The van der Waals surface area contributed by atoms with E-state index in [1.807, 2.05) is 31.2 Å². The topological polar surface area (TPSA) is 26.3 Å². The van der Waals surface area contributed by atoms with Gasteiger partial charge in [-0.25, -0.2) is 4.79 Å². The Kier molecular flexibility index (Phi) is 4.29. The van der Waals surface area contributed by atoms with Gasteiger partial charge >= 0.3 is 5.97 Å². The summed E-state index contributed by atoms with van der Waals surface area (Å²) < 4.78 is 4.79. The van der Waals surface area contributed by atoms with E-state index in [0.29, 0.717) is 11.5 Å². The van der Waals surface area contributed by atoms with E-state index in [9.17, 15) is 4.79 Å². The van der Waals surface area contributed by atoms with Gasteiger partial charge in [0.05, 0.1) is 12.7 Å². The average Bonchev–Trinajstić information content (AvgIpc) is 2.30. The lowest BCUT2D eigenvalue weighted by Crippen LogP contribution is -2.06. The van der Waals surface area contributed by atoms with E-state index in [1.165, 1.54) is 12.7 Å². The Hall–Kier alpha value is -1.57. The highest BCUT2D eigenvalue weighted by Crippen LogP contribution is 2.26. The van der Waals surface area contributed by atoms with Gasteiger partial charge in [-0.15, -0.1) is 0 Å². The maximum absolute atomic E-state index is 11.6. The van der Waals surface area contributed by atoms with Gasteiger partial charge in [0.2, 0.25) is 0 Å².